The molecular weight excluding hydrogens is 351 g/mol. The second kappa shape index (κ2) is 8.82. The number of nitrogens with one attached hydrogen (secondary N) is 1. The molecule has 0 aromatic heterocycles. The van der Waals surface area contributed by atoms with E-state index in [1.807, 2.05) is 0 Å². The maximum atomic E-state index is 12.8. The zero-order valence-corrected chi connectivity index (χ0v) is 14.4. The molecule has 0 bridgehead atoms. The normalized spacial score (nSPS) is 18.5. The van der Waals surface area contributed by atoms with E-state index in [2.05, 4.69) is 5.32 Å². The molecule has 2 rings (SSSR count). The number of rotatable bonds is 6. The number of amides is 2. The molecule has 1 heterocycles. The molecule has 1 fully saturated rings. The van der Waals surface area contributed by atoms with Gasteiger partial charge in [0, 0.05) is 12.2 Å². The lowest BCUT2D eigenvalue weighted by atomic mass is 10.2. The van der Waals surface area contributed by atoms with Gasteiger partial charge < -0.3 is 20.1 Å². The first-order chi connectivity index (χ1) is 11.9. The summed E-state index contributed by atoms with van der Waals surface area (Å²) in [5, 5.41) is 11.1. The fourth-order valence-corrected chi connectivity index (χ4v) is 3.02. The summed E-state index contributed by atoms with van der Waals surface area (Å²) in [6.07, 6.45) is -1.02. The number of anilines is 1. The van der Waals surface area contributed by atoms with Crippen LogP contribution in [0.4, 0.5) is 10.1 Å². The Morgan fingerprint density at radius 2 is 2.08 bits per heavy atom. The van der Waals surface area contributed by atoms with Crippen LogP contribution in [0.5, 0.6) is 0 Å². The summed E-state index contributed by atoms with van der Waals surface area (Å²) in [6, 6.07) is 5.39. The van der Waals surface area contributed by atoms with Gasteiger partial charge in [-0.05, 0) is 31.2 Å². The van der Waals surface area contributed by atoms with E-state index < -0.39 is 23.1 Å². The molecule has 1 saturated heterocycles. The number of aliphatic carboxylic acids is 1. The van der Waals surface area contributed by atoms with Crippen LogP contribution in [0.15, 0.2) is 24.3 Å². The molecule has 1 aliphatic heterocycles. The molecule has 2 amide bonds. The lowest BCUT2D eigenvalue weighted by Gasteiger charge is -2.32. The largest absolute Gasteiger partial charge is 0.479 e. The van der Waals surface area contributed by atoms with E-state index >= 15 is 0 Å². The molecule has 0 radical (unpaired) electrons. The molecule has 0 aliphatic carbocycles. The molecule has 1 aromatic carbocycles. The number of halogens is 1. The molecule has 7 nitrogen and oxygen atoms in total. The highest BCUT2D eigenvalue weighted by Gasteiger charge is 2.31. The number of carboxylic acid groups (broad SMARTS) is 1. The van der Waals surface area contributed by atoms with Crippen LogP contribution in [0.25, 0.3) is 0 Å². The first-order valence-corrected chi connectivity index (χ1v) is 8.72. The van der Waals surface area contributed by atoms with Gasteiger partial charge in [0.15, 0.2) is 6.10 Å². The average molecular weight is 370 g/mol. The Balaban J connectivity index is 1.79. The lowest BCUT2D eigenvalue weighted by Crippen LogP contribution is -2.50. The highest BCUT2D eigenvalue weighted by molar-refractivity contribution is 8.01. The zero-order chi connectivity index (χ0) is 18.4. The Bertz CT molecular complexity index is 640. The van der Waals surface area contributed by atoms with Crippen LogP contribution in [-0.4, -0.2) is 64.6 Å². The fourth-order valence-electron chi connectivity index (χ4n) is 2.26. The summed E-state index contributed by atoms with van der Waals surface area (Å²) in [5.41, 5.74) is 0.475. The summed E-state index contributed by atoms with van der Waals surface area (Å²) in [5.74, 6) is -1.97. The number of benzene rings is 1. The van der Waals surface area contributed by atoms with E-state index in [0.717, 1.165) is 11.8 Å². The van der Waals surface area contributed by atoms with E-state index in [9.17, 15) is 18.8 Å². The van der Waals surface area contributed by atoms with Crippen LogP contribution in [0.2, 0.25) is 0 Å². The summed E-state index contributed by atoms with van der Waals surface area (Å²) < 4.78 is 17.9. The van der Waals surface area contributed by atoms with E-state index in [1.165, 1.54) is 29.2 Å². The third-order valence-corrected chi connectivity index (χ3v) is 4.72. The predicted molar refractivity (Wildman–Crippen MR) is 90.9 cm³/mol. The van der Waals surface area contributed by atoms with Crippen LogP contribution in [0, 0.1) is 5.82 Å². The highest BCUT2D eigenvalue weighted by Crippen LogP contribution is 2.17. The third-order valence-electron chi connectivity index (χ3n) is 3.59. The van der Waals surface area contributed by atoms with E-state index in [4.69, 9.17) is 9.84 Å². The molecule has 136 valence electrons. The standard InChI is InChI=1S/C16H19FN2O5S/c1-10(15(21)19-6-7-24-13(8-19)16(22)23)25-9-14(20)18-12-4-2-11(17)3-5-12/h2-5,10,13H,6-9H2,1H3,(H,18,20)(H,22,23). The van der Waals surface area contributed by atoms with Gasteiger partial charge in [-0.3, -0.25) is 9.59 Å². The second-order valence-corrected chi connectivity index (χ2v) is 6.82. The van der Waals surface area contributed by atoms with Crippen molar-refractivity contribution >= 4 is 35.2 Å². The number of carbonyl (C=O) groups excluding carboxylic acids is 2. The maximum absolute atomic E-state index is 12.8. The van der Waals surface area contributed by atoms with Gasteiger partial charge in [0.25, 0.3) is 0 Å². The Hall–Kier alpha value is -2.13. The van der Waals surface area contributed by atoms with Crippen LogP contribution in [0.1, 0.15) is 6.92 Å². The molecule has 2 atom stereocenters. The van der Waals surface area contributed by atoms with Crippen molar-refractivity contribution in [3.05, 3.63) is 30.1 Å². The molecule has 1 aliphatic rings. The summed E-state index contributed by atoms with van der Waals surface area (Å²) in [4.78, 5) is 36.7. The van der Waals surface area contributed by atoms with Crippen molar-refractivity contribution in [3.8, 4) is 0 Å². The number of nitrogens with zero attached hydrogens (tertiary/aromatic N) is 1. The van der Waals surface area contributed by atoms with Crippen LogP contribution >= 0.6 is 11.8 Å². The molecule has 2 N–H and O–H groups in total. The molecule has 1 aromatic rings. The Kier molecular flexibility index (Phi) is 6.77. The van der Waals surface area contributed by atoms with Gasteiger partial charge in [-0.1, -0.05) is 0 Å². The smallest absolute Gasteiger partial charge is 0.334 e. The van der Waals surface area contributed by atoms with Crippen LogP contribution < -0.4 is 5.32 Å². The van der Waals surface area contributed by atoms with Crippen molar-refractivity contribution in [2.75, 3.05) is 30.8 Å². The molecule has 25 heavy (non-hydrogen) atoms. The summed E-state index contributed by atoms with van der Waals surface area (Å²) in [6.45, 7) is 2.17. The maximum Gasteiger partial charge on any atom is 0.334 e. The van der Waals surface area contributed by atoms with Gasteiger partial charge in [-0.15, -0.1) is 11.8 Å². The number of ether oxygens (including phenoxy) is 1. The number of hydrogen-bond acceptors (Lipinski definition) is 5. The number of thioether (sulfide) groups is 1. The minimum atomic E-state index is -1.10. The zero-order valence-electron chi connectivity index (χ0n) is 13.6. The topological polar surface area (TPSA) is 95.9 Å². The van der Waals surface area contributed by atoms with Crippen LogP contribution in [0.3, 0.4) is 0 Å². The summed E-state index contributed by atoms with van der Waals surface area (Å²) in [7, 11) is 0. The van der Waals surface area contributed by atoms with Gasteiger partial charge in [-0.25, -0.2) is 9.18 Å². The molecule has 2 unspecified atom stereocenters. The lowest BCUT2D eigenvalue weighted by molar-refractivity contribution is -0.159. The molecular formula is C16H19FN2O5S. The minimum Gasteiger partial charge on any atom is -0.479 e. The van der Waals surface area contributed by atoms with Gasteiger partial charge >= 0.3 is 5.97 Å². The van der Waals surface area contributed by atoms with Gasteiger partial charge in [0.1, 0.15) is 5.82 Å². The first-order valence-electron chi connectivity index (χ1n) is 7.67. The number of carboxylic acids is 1. The number of carbonyl (C=O) groups is 3. The van der Waals surface area contributed by atoms with Crippen LogP contribution in [-0.2, 0) is 19.1 Å². The Morgan fingerprint density at radius 3 is 2.72 bits per heavy atom. The molecule has 0 saturated carbocycles. The van der Waals surface area contributed by atoms with E-state index in [1.54, 1.807) is 6.92 Å². The second-order valence-electron chi connectivity index (χ2n) is 5.49. The highest BCUT2D eigenvalue weighted by atomic mass is 32.2. The van der Waals surface area contributed by atoms with E-state index in [-0.39, 0.29) is 30.7 Å². The van der Waals surface area contributed by atoms with Crippen molar-refractivity contribution in [1.29, 1.82) is 0 Å². The van der Waals surface area contributed by atoms with Crippen molar-refractivity contribution in [3.63, 3.8) is 0 Å². The van der Waals surface area contributed by atoms with Gasteiger partial charge in [-0.2, -0.15) is 0 Å². The minimum absolute atomic E-state index is 0.000836. The quantitative estimate of drug-likeness (QED) is 0.781. The summed E-state index contributed by atoms with van der Waals surface area (Å²) >= 11 is 1.15. The number of hydrogen-bond donors (Lipinski definition) is 2. The molecule has 9 heteroatoms. The van der Waals surface area contributed by atoms with E-state index in [0.29, 0.717) is 12.2 Å². The monoisotopic (exact) mass is 370 g/mol. The molecule has 0 spiro atoms. The van der Waals surface area contributed by atoms with Crippen molar-refractivity contribution < 1.29 is 28.6 Å². The van der Waals surface area contributed by atoms with Crippen molar-refractivity contribution in [2.24, 2.45) is 0 Å². The number of morpholine rings is 1. The van der Waals surface area contributed by atoms with Crippen molar-refractivity contribution in [1.82, 2.24) is 4.90 Å². The van der Waals surface area contributed by atoms with Crippen molar-refractivity contribution in [2.45, 2.75) is 18.3 Å². The average Bonchev–Trinajstić information content (AvgIpc) is 2.61. The van der Waals surface area contributed by atoms with Gasteiger partial charge in [0.05, 0.1) is 24.2 Å². The Morgan fingerprint density at radius 1 is 1.40 bits per heavy atom. The first kappa shape index (κ1) is 19.2. The fraction of sp³-hybridized carbons (Fsp3) is 0.438. The van der Waals surface area contributed by atoms with Gasteiger partial charge in [0.2, 0.25) is 11.8 Å². The SMILES string of the molecule is CC(SCC(=O)Nc1ccc(F)cc1)C(=O)N1CCOC(C(=O)O)C1. The predicted octanol–water partition coefficient (Wildman–Crippen LogP) is 1.20. The Labute approximate surface area is 148 Å². The third kappa shape index (κ3) is 5.71.